The fourth-order valence-electron chi connectivity index (χ4n) is 3.11. The van der Waals surface area contributed by atoms with Crippen LogP contribution < -0.4 is 5.90 Å². The maximum absolute atomic E-state index is 12.3. The molecule has 0 radical (unpaired) electrons. The minimum absolute atomic E-state index is 0.246. The van der Waals surface area contributed by atoms with Crippen LogP contribution in [0.25, 0.3) is 0 Å². The lowest BCUT2D eigenvalue weighted by Crippen LogP contribution is -2.35. The highest BCUT2D eigenvalue weighted by Gasteiger charge is 2.38. The number of aliphatic carboxylic acids is 1. The highest BCUT2D eigenvalue weighted by molar-refractivity contribution is 5.76. The topological polar surface area (TPSA) is 89.6 Å². The molecule has 0 aliphatic carbocycles. The molecule has 5 nitrogen and oxygen atoms in total. The minimum Gasteiger partial charge on any atom is -0.481 e. The number of rotatable bonds is 15. The summed E-state index contributed by atoms with van der Waals surface area (Å²) >= 11 is 0. The van der Waals surface area contributed by atoms with E-state index in [1.165, 1.54) is 0 Å². The Hall–Kier alpha value is -1.10. The van der Waals surface area contributed by atoms with E-state index in [0.29, 0.717) is 0 Å². The molecule has 0 saturated carbocycles. The molecule has 3 N–H and O–H groups in total. The first-order chi connectivity index (χ1) is 11.0. The Kier molecular flexibility index (Phi) is 12.7. The van der Waals surface area contributed by atoms with Crippen LogP contribution in [0.3, 0.4) is 0 Å². The lowest BCUT2D eigenvalue weighted by atomic mass is 9.74. The monoisotopic (exact) mass is 329 g/mol. The van der Waals surface area contributed by atoms with Crippen molar-refractivity contribution in [3.05, 3.63) is 0 Å². The molecule has 23 heavy (non-hydrogen) atoms. The SMILES string of the molecule is CCCCC(CCCC)(CCCCCCCC(=O)O)C(=O)ON. The second-order valence-electron chi connectivity index (χ2n) is 6.55. The Balaban J connectivity index is 4.37. The molecule has 0 spiro atoms. The quantitative estimate of drug-likeness (QED) is 0.339. The Morgan fingerprint density at radius 1 is 0.870 bits per heavy atom. The van der Waals surface area contributed by atoms with E-state index in [0.717, 1.165) is 77.0 Å². The van der Waals surface area contributed by atoms with E-state index in [1.54, 1.807) is 0 Å². The van der Waals surface area contributed by atoms with Crippen molar-refractivity contribution in [2.24, 2.45) is 11.3 Å². The van der Waals surface area contributed by atoms with Crippen LogP contribution in [0.5, 0.6) is 0 Å². The van der Waals surface area contributed by atoms with Gasteiger partial charge in [-0.15, -0.1) is 0 Å². The normalized spacial score (nSPS) is 11.4. The Labute approximate surface area is 140 Å². The van der Waals surface area contributed by atoms with Gasteiger partial charge in [0.2, 0.25) is 0 Å². The molecule has 0 bridgehead atoms. The molecule has 0 atom stereocenters. The third-order valence-electron chi connectivity index (χ3n) is 4.60. The molecule has 0 aromatic heterocycles. The molecule has 0 aliphatic heterocycles. The first-order valence-electron chi connectivity index (χ1n) is 9.15. The van der Waals surface area contributed by atoms with E-state index in [1.807, 2.05) is 0 Å². The maximum Gasteiger partial charge on any atom is 0.330 e. The number of carboxylic acids is 1. The van der Waals surface area contributed by atoms with Crippen molar-refractivity contribution in [2.75, 3.05) is 0 Å². The zero-order chi connectivity index (χ0) is 17.6. The van der Waals surface area contributed by atoms with Crippen LogP contribution >= 0.6 is 0 Å². The van der Waals surface area contributed by atoms with Gasteiger partial charge in [0, 0.05) is 6.42 Å². The van der Waals surface area contributed by atoms with Crippen molar-refractivity contribution in [2.45, 2.75) is 97.3 Å². The van der Waals surface area contributed by atoms with Crippen molar-refractivity contribution in [3.8, 4) is 0 Å². The van der Waals surface area contributed by atoms with Gasteiger partial charge in [-0.05, 0) is 25.7 Å². The molecule has 5 heteroatoms. The molecule has 136 valence electrons. The van der Waals surface area contributed by atoms with Gasteiger partial charge in [-0.1, -0.05) is 65.2 Å². The van der Waals surface area contributed by atoms with Crippen molar-refractivity contribution < 1.29 is 19.5 Å². The van der Waals surface area contributed by atoms with E-state index in [4.69, 9.17) is 11.0 Å². The summed E-state index contributed by atoms with van der Waals surface area (Å²) in [5, 5.41) is 8.61. The summed E-state index contributed by atoms with van der Waals surface area (Å²) < 4.78 is 0. The maximum atomic E-state index is 12.3. The second-order valence-corrected chi connectivity index (χ2v) is 6.55. The Morgan fingerprint density at radius 2 is 1.35 bits per heavy atom. The van der Waals surface area contributed by atoms with Crippen LogP contribution in [0.4, 0.5) is 0 Å². The average Bonchev–Trinajstić information content (AvgIpc) is 2.54. The predicted octanol–water partition coefficient (Wildman–Crippen LogP) is 4.59. The zero-order valence-electron chi connectivity index (χ0n) is 14.9. The number of unbranched alkanes of at least 4 members (excludes halogenated alkanes) is 6. The fraction of sp³-hybridized carbons (Fsp3) is 0.889. The number of hydrogen-bond acceptors (Lipinski definition) is 4. The highest BCUT2D eigenvalue weighted by atomic mass is 16.7. The molecule has 0 rings (SSSR count). The van der Waals surface area contributed by atoms with Crippen LogP contribution in [0.15, 0.2) is 0 Å². The van der Waals surface area contributed by atoms with Crippen LogP contribution in [0.2, 0.25) is 0 Å². The smallest absolute Gasteiger partial charge is 0.330 e. The predicted molar refractivity (Wildman–Crippen MR) is 91.7 cm³/mol. The van der Waals surface area contributed by atoms with E-state index in [9.17, 15) is 9.59 Å². The fourth-order valence-corrected chi connectivity index (χ4v) is 3.11. The van der Waals surface area contributed by atoms with Crippen LogP contribution in [-0.2, 0) is 14.4 Å². The third kappa shape index (κ3) is 9.59. The minimum atomic E-state index is -0.728. The number of carbonyl (C=O) groups excluding carboxylic acids is 1. The Morgan fingerprint density at radius 3 is 1.83 bits per heavy atom. The average molecular weight is 329 g/mol. The number of hydrogen-bond donors (Lipinski definition) is 2. The van der Waals surface area contributed by atoms with E-state index in [-0.39, 0.29) is 12.4 Å². The van der Waals surface area contributed by atoms with Gasteiger partial charge in [-0.2, -0.15) is 5.90 Å². The van der Waals surface area contributed by atoms with Gasteiger partial charge < -0.3 is 9.94 Å². The largest absolute Gasteiger partial charge is 0.481 e. The molecule has 0 aliphatic rings. The summed E-state index contributed by atoms with van der Waals surface area (Å²) in [5.41, 5.74) is -0.429. The Bertz CT molecular complexity index is 323. The van der Waals surface area contributed by atoms with Gasteiger partial charge in [0.05, 0.1) is 5.41 Å². The van der Waals surface area contributed by atoms with Crippen molar-refractivity contribution in [3.63, 3.8) is 0 Å². The van der Waals surface area contributed by atoms with Gasteiger partial charge in [0.1, 0.15) is 0 Å². The molecule has 0 unspecified atom stereocenters. The molecule has 0 heterocycles. The summed E-state index contributed by atoms with van der Waals surface area (Å²) in [5.74, 6) is 4.21. The van der Waals surface area contributed by atoms with Crippen LogP contribution in [-0.4, -0.2) is 17.0 Å². The van der Waals surface area contributed by atoms with Crippen molar-refractivity contribution >= 4 is 11.9 Å². The van der Waals surface area contributed by atoms with E-state index >= 15 is 0 Å². The molecular weight excluding hydrogens is 294 g/mol. The standard InChI is InChI=1S/C18H35NO4/c1-3-5-13-18(14-6-4-2,17(22)23-19)15-11-9-7-8-10-12-16(20)21/h3-15,19H2,1-2H3,(H,20,21). The van der Waals surface area contributed by atoms with Crippen molar-refractivity contribution in [1.82, 2.24) is 0 Å². The summed E-state index contributed by atoms with van der Waals surface area (Å²) in [6.07, 6.45) is 11.6. The first-order valence-corrected chi connectivity index (χ1v) is 9.15. The second kappa shape index (κ2) is 13.3. The highest BCUT2D eigenvalue weighted by Crippen LogP contribution is 2.38. The summed E-state index contributed by atoms with van der Waals surface area (Å²) in [6.45, 7) is 4.25. The lowest BCUT2D eigenvalue weighted by Gasteiger charge is -2.30. The van der Waals surface area contributed by atoms with Gasteiger partial charge in [-0.25, -0.2) is 4.79 Å². The van der Waals surface area contributed by atoms with Gasteiger partial charge in [0.15, 0.2) is 0 Å². The number of carbonyl (C=O) groups is 2. The van der Waals surface area contributed by atoms with Crippen LogP contribution in [0.1, 0.15) is 97.3 Å². The molecular formula is C18H35NO4. The van der Waals surface area contributed by atoms with E-state index < -0.39 is 11.4 Å². The van der Waals surface area contributed by atoms with Gasteiger partial charge in [-0.3, -0.25) is 4.79 Å². The number of carboxylic acid groups (broad SMARTS) is 1. The van der Waals surface area contributed by atoms with Gasteiger partial charge >= 0.3 is 11.9 Å². The first kappa shape index (κ1) is 21.9. The lowest BCUT2D eigenvalue weighted by molar-refractivity contribution is -0.158. The molecule has 0 aromatic rings. The van der Waals surface area contributed by atoms with Crippen LogP contribution in [0, 0.1) is 5.41 Å². The molecule has 0 aromatic carbocycles. The zero-order valence-corrected chi connectivity index (χ0v) is 14.9. The molecule has 0 fully saturated rings. The summed E-state index contributed by atoms with van der Waals surface area (Å²) in [4.78, 5) is 27.4. The third-order valence-corrected chi connectivity index (χ3v) is 4.60. The van der Waals surface area contributed by atoms with Crippen molar-refractivity contribution in [1.29, 1.82) is 0 Å². The molecule has 0 amide bonds. The van der Waals surface area contributed by atoms with Gasteiger partial charge in [0.25, 0.3) is 0 Å². The summed E-state index contributed by atoms with van der Waals surface area (Å²) in [7, 11) is 0. The molecule has 0 saturated heterocycles. The summed E-state index contributed by atoms with van der Waals surface area (Å²) in [6, 6.07) is 0. The number of nitrogens with two attached hydrogens (primary N) is 1. The van der Waals surface area contributed by atoms with E-state index in [2.05, 4.69) is 18.7 Å².